The van der Waals surface area contributed by atoms with Crippen molar-refractivity contribution in [1.82, 2.24) is 23.6 Å². The summed E-state index contributed by atoms with van der Waals surface area (Å²) in [6.45, 7) is -0.242. The van der Waals surface area contributed by atoms with Crippen molar-refractivity contribution in [2.75, 3.05) is 18.6 Å². The number of fused-ring (bicyclic) bond motifs is 1. The van der Waals surface area contributed by atoms with Crippen molar-refractivity contribution in [2.24, 2.45) is 0 Å². The molecule has 0 radical (unpaired) electrons. The highest BCUT2D eigenvalue weighted by atomic mass is 32.2. The number of amides is 1. The Morgan fingerprint density at radius 2 is 1.80 bits per heavy atom. The average Bonchev–Trinajstić information content (AvgIpc) is 3.59. The molecule has 2 fully saturated rings. The molecular formula is C24H29N5O5S. The number of carbonyl (C=O) groups excluding carboxylic acids is 1. The lowest BCUT2D eigenvalue weighted by molar-refractivity contribution is -0.132. The molecule has 1 aromatic carbocycles. The second-order valence-corrected chi connectivity index (χ2v) is 11.8. The molecule has 5 rings (SSSR count). The fraction of sp³-hybridized carbons (Fsp3) is 0.500. The van der Waals surface area contributed by atoms with E-state index in [0.717, 1.165) is 35.8 Å². The van der Waals surface area contributed by atoms with Gasteiger partial charge in [0.05, 0.1) is 24.4 Å². The molecule has 2 aromatic heterocycles. The van der Waals surface area contributed by atoms with E-state index >= 15 is 0 Å². The number of benzene rings is 1. The van der Waals surface area contributed by atoms with Crippen LogP contribution in [0, 0.1) is 0 Å². The molecule has 0 bridgehead atoms. The Morgan fingerprint density at radius 1 is 1.09 bits per heavy atom. The zero-order chi connectivity index (χ0) is 24.7. The Labute approximate surface area is 202 Å². The van der Waals surface area contributed by atoms with E-state index in [4.69, 9.17) is 0 Å². The van der Waals surface area contributed by atoms with Crippen LogP contribution in [0.3, 0.4) is 0 Å². The van der Waals surface area contributed by atoms with Crippen molar-refractivity contribution in [3.63, 3.8) is 0 Å². The molecule has 0 unspecified atom stereocenters. The molecule has 11 heteroatoms. The number of hydrogen-bond donors (Lipinski definition) is 0. The fourth-order valence-corrected chi connectivity index (χ4v) is 7.02. The lowest BCUT2D eigenvalue weighted by atomic mass is 10.2. The van der Waals surface area contributed by atoms with Gasteiger partial charge in [-0.1, -0.05) is 43.2 Å². The summed E-state index contributed by atoms with van der Waals surface area (Å²) in [5.74, 6) is -0.537. The van der Waals surface area contributed by atoms with Gasteiger partial charge in [0.15, 0.2) is 21.0 Å². The summed E-state index contributed by atoms with van der Waals surface area (Å²) in [6.07, 6.45) is 5.97. The Kier molecular flexibility index (Phi) is 6.12. The second-order valence-electron chi connectivity index (χ2n) is 9.57. The number of carbonyl (C=O) groups is 1. The van der Waals surface area contributed by atoms with Crippen LogP contribution >= 0.6 is 0 Å². The molecule has 10 nitrogen and oxygen atoms in total. The van der Waals surface area contributed by atoms with E-state index in [9.17, 15) is 22.8 Å². The van der Waals surface area contributed by atoms with E-state index in [1.165, 1.54) is 16.5 Å². The molecule has 35 heavy (non-hydrogen) atoms. The van der Waals surface area contributed by atoms with Crippen LogP contribution in [0.5, 0.6) is 0 Å². The van der Waals surface area contributed by atoms with Gasteiger partial charge in [0.25, 0.3) is 5.56 Å². The highest BCUT2D eigenvalue weighted by Gasteiger charge is 2.33. The zero-order valence-corrected chi connectivity index (χ0v) is 20.5. The Balaban J connectivity index is 1.58. The van der Waals surface area contributed by atoms with Crippen LogP contribution in [0.4, 0.5) is 0 Å². The highest BCUT2D eigenvalue weighted by Crippen LogP contribution is 2.31. The van der Waals surface area contributed by atoms with Crippen LogP contribution in [-0.2, 0) is 27.7 Å². The first-order valence-corrected chi connectivity index (χ1v) is 13.8. The number of hydrogen-bond acceptors (Lipinski definition) is 6. The van der Waals surface area contributed by atoms with E-state index in [1.807, 2.05) is 34.9 Å². The van der Waals surface area contributed by atoms with Gasteiger partial charge in [-0.2, -0.15) is 0 Å². The minimum Gasteiger partial charge on any atom is -0.340 e. The van der Waals surface area contributed by atoms with Gasteiger partial charge < -0.3 is 9.47 Å². The first kappa shape index (κ1) is 23.5. The maximum Gasteiger partial charge on any atom is 0.333 e. The van der Waals surface area contributed by atoms with Crippen molar-refractivity contribution in [2.45, 2.75) is 57.3 Å². The molecule has 1 aliphatic carbocycles. The van der Waals surface area contributed by atoms with E-state index in [2.05, 4.69) is 4.98 Å². The maximum absolute atomic E-state index is 13.6. The molecule has 1 saturated carbocycles. The first-order valence-electron chi connectivity index (χ1n) is 12.0. The number of imidazole rings is 1. The van der Waals surface area contributed by atoms with Crippen LogP contribution in [0.2, 0.25) is 0 Å². The van der Waals surface area contributed by atoms with Crippen molar-refractivity contribution >= 4 is 26.9 Å². The van der Waals surface area contributed by atoms with Gasteiger partial charge in [-0.25, -0.2) is 22.8 Å². The molecule has 0 N–H and O–H groups in total. The van der Waals surface area contributed by atoms with Crippen LogP contribution in [-0.4, -0.2) is 62.5 Å². The predicted molar refractivity (Wildman–Crippen MR) is 131 cm³/mol. The molecule has 3 aromatic rings. The number of aromatic nitrogens is 4. The Morgan fingerprint density at radius 3 is 2.46 bits per heavy atom. The third kappa shape index (κ3) is 4.44. The van der Waals surface area contributed by atoms with Crippen LogP contribution < -0.4 is 11.2 Å². The largest absolute Gasteiger partial charge is 0.340 e. The third-order valence-electron chi connectivity index (χ3n) is 7.28. The SMILES string of the molecule is CN(C(=O)Cn1c(=O)c2c(ncn2C2CCCC2)n(Cc2ccccc2)c1=O)[C@@H]1CCS(=O)(=O)C1. The lowest BCUT2D eigenvalue weighted by Crippen LogP contribution is -2.47. The molecule has 1 atom stereocenters. The molecule has 186 valence electrons. The number of sulfone groups is 1. The van der Waals surface area contributed by atoms with Crippen LogP contribution in [0.15, 0.2) is 46.2 Å². The quantitative estimate of drug-likeness (QED) is 0.503. The predicted octanol–water partition coefficient (Wildman–Crippen LogP) is 1.17. The van der Waals surface area contributed by atoms with Gasteiger partial charge in [-0.05, 0) is 24.8 Å². The second kappa shape index (κ2) is 9.10. The fourth-order valence-electron chi connectivity index (χ4n) is 5.24. The van der Waals surface area contributed by atoms with Gasteiger partial charge in [0.2, 0.25) is 5.91 Å². The molecule has 2 aliphatic rings. The standard InChI is InChI=1S/C24H29N5O5S/c1-26(19-11-12-35(33,34)15-19)20(30)14-28-23(31)21-22(25-16-29(21)18-9-5-6-10-18)27(24(28)32)13-17-7-3-2-4-8-17/h2-4,7-8,16,18-19H,5-6,9-15H2,1H3/t19-/m1/s1. The maximum atomic E-state index is 13.6. The summed E-state index contributed by atoms with van der Waals surface area (Å²) in [4.78, 5) is 46.1. The van der Waals surface area contributed by atoms with Gasteiger partial charge in [-0.15, -0.1) is 0 Å². The highest BCUT2D eigenvalue weighted by molar-refractivity contribution is 7.91. The van der Waals surface area contributed by atoms with E-state index in [0.29, 0.717) is 17.6 Å². The summed E-state index contributed by atoms with van der Waals surface area (Å²) in [7, 11) is -1.65. The van der Waals surface area contributed by atoms with Gasteiger partial charge >= 0.3 is 5.69 Å². The Bertz CT molecular complexity index is 1480. The first-order chi connectivity index (χ1) is 16.7. The van der Waals surface area contributed by atoms with Gasteiger partial charge in [0, 0.05) is 19.1 Å². The molecule has 0 spiro atoms. The summed E-state index contributed by atoms with van der Waals surface area (Å²) in [5.41, 5.74) is 0.362. The van der Waals surface area contributed by atoms with Crippen LogP contribution in [0.25, 0.3) is 11.2 Å². The van der Waals surface area contributed by atoms with E-state index in [1.54, 1.807) is 6.33 Å². The average molecular weight is 500 g/mol. The number of nitrogens with zero attached hydrogens (tertiary/aromatic N) is 5. The summed E-state index contributed by atoms with van der Waals surface area (Å²) in [5, 5.41) is 0. The van der Waals surface area contributed by atoms with E-state index < -0.39 is 39.6 Å². The molecule has 1 amide bonds. The minimum atomic E-state index is -3.18. The van der Waals surface area contributed by atoms with Crippen molar-refractivity contribution in [1.29, 1.82) is 0 Å². The number of likely N-dealkylation sites (N-methyl/N-ethyl adjacent to an activating group) is 1. The molecule has 1 saturated heterocycles. The van der Waals surface area contributed by atoms with Crippen LogP contribution in [0.1, 0.15) is 43.7 Å². The topological polar surface area (TPSA) is 116 Å². The van der Waals surface area contributed by atoms with Crippen molar-refractivity contribution in [3.8, 4) is 0 Å². The normalized spacial score (nSPS) is 20.0. The lowest BCUT2D eigenvalue weighted by Gasteiger charge is -2.24. The summed E-state index contributed by atoms with van der Waals surface area (Å²) < 4.78 is 28.0. The third-order valence-corrected chi connectivity index (χ3v) is 9.03. The monoisotopic (exact) mass is 499 g/mol. The van der Waals surface area contributed by atoms with E-state index in [-0.39, 0.29) is 24.1 Å². The smallest absolute Gasteiger partial charge is 0.333 e. The van der Waals surface area contributed by atoms with Gasteiger partial charge in [0.1, 0.15) is 6.54 Å². The minimum absolute atomic E-state index is 0.0334. The molecule has 1 aliphatic heterocycles. The molecule has 3 heterocycles. The summed E-state index contributed by atoms with van der Waals surface area (Å²) in [6, 6.07) is 9.09. The van der Waals surface area contributed by atoms with Gasteiger partial charge in [-0.3, -0.25) is 14.2 Å². The van der Waals surface area contributed by atoms with Crippen molar-refractivity contribution in [3.05, 3.63) is 63.1 Å². The van der Waals surface area contributed by atoms with Crippen molar-refractivity contribution < 1.29 is 13.2 Å². The summed E-state index contributed by atoms with van der Waals surface area (Å²) >= 11 is 0. The number of rotatable bonds is 6. The zero-order valence-electron chi connectivity index (χ0n) is 19.7. The molecular weight excluding hydrogens is 470 g/mol. The Hall–Kier alpha value is -3.21.